The fraction of sp³-hybridized carbons (Fsp3) is 0.444. The highest BCUT2D eigenvalue weighted by Gasteiger charge is 2.15. The summed E-state index contributed by atoms with van der Waals surface area (Å²) in [7, 11) is 0. The molecule has 0 aliphatic heterocycles. The maximum absolute atomic E-state index is 12.4. The number of aromatic nitrogens is 1. The van der Waals surface area contributed by atoms with Gasteiger partial charge in [0.05, 0.1) is 5.52 Å². The van der Waals surface area contributed by atoms with Crippen LogP contribution in [0.4, 0.5) is 0 Å². The molecule has 2 N–H and O–H groups in total. The first-order valence-electron chi connectivity index (χ1n) is 7.60. The Morgan fingerprint density at radius 1 is 1.24 bits per heavy atom. The van der Waals surface area contributed by atoms with E-state index in [2.05, 4.69) is 18.8 Å². The molecule has 0 bridgehead atoms. The Labute approximate surface area is 126 Å². The van der Waals surface area contributed by atoms with E-state index in [1.54, 1.807) is 0 Å². The van der Waals surface area contributed by atoms with Gasteiger partial charge in [-0.05, 0) is 56.0 Å². The van der Waals surface area contributed by atoms with E-state index in [9.17, 15) is 4.79 Å². The third-order valence-electron chi connectivity index (χ3n) is 3.76. The summed E-state index contributed by atoms with van der Waals surface area (Å²) in [5.41, 5.74) is 8.47. The van der Waals surface area contributed by atoms with Crippen LogP contribution in [0, 0.1) is 18.8 Å². The van der Waals surface area contributed by atoms with Gasteiger partial charge in [-0.1, -0.05) is 19.9 Å². The van der Waals surface area contributed by atoms with Crippen molar-refractivity contribution in [2.45, 2.75) is 33.6 Å². The molecule has 1 aromatic carbocycles. The van der Waals surface area contributed by atoms with Gasteiger partial charge in [0, 0.05) is 23.1 Å². The second-order valence-electron chi connectivity index (χ2n) is 6.22. The highest BCUT2D eigenvalue weighted by atomic mass is 16.1. The van der Waals surface area contributed by atoms with Gasteiger partial charge in [-0.15, -0.1) is 0 Å². The molecule has 0 aliphatic rings. The van der Waals surface area contributed by atoms with Crippen molar-refractivity contribution >= 4 is 16.7 Å². The van der Waals surface area contributed by atoms with Crippen molar-refractivity contribution in [1.82, 2.24) is 4.98 Å². The van der Waals surface area contributed by atoms with Crippen LogP contribution in [0.15, 0.2) is 30.3 Å². The Morgan fingerprint density at radius 2 is 2.00 bits per heavy atom. The van der Waals surface area contributed by atoms with Gasteiger partial charge < -0.3 is 5.73 Å². The fourth-order valence-electron chi connectivity index (χ4n) is 2.71. The zero-order chi connectivity index (χ0) is 15.4. The van der Waals surface area contributed by atoms with Crippen LogP contribution in [0.5, 0.6) is 0 Å². The Bertz CT molecular complexity index is 634. The zero-order valence-corrected chi connectivity index (χ0v) is 13.1. The van der Waals surface area contributed by atoms with Gasteiger partial charge in [-0.25, -0.2) is 0 Å². The van der Waals surface area contributed by atoms with Crippen molar-refractivity contribution in [3.8, 4) is 0 Å². The summed E-state index contributed by atoms with van der Waals surface area (Å²) >= 11 is 0. The lowest BCUT2D eigenvalue weighted by molar-refractivity contribution is 0.0957. The number of aryl methyl sites for hydroxylation is 1. The first-order chi connectivity index (χ1) is 9.99. The third-order valence-corrected chi connectivity index (χ3v) is 3.76. The summed E-state index contributed by atoms with van der Waals surface area (Å²) in [6.45, 7) is 6.86. The van der Waals surface area contributed by atoms with Crippen LogP contribution in [0.3, 0.4) is 0 Å². The topological polar surface area (TPSA) is 56.0 Å². The molecular formula is C18H24N2O. The van der Waals surface area contributed by atoms with Crippen molar-refractivity contribution in [2.75, 3.05) is 6.54 Å². The van der Waals surface area contributed by atoms with E-state index in [-0.39, 0.29) is 11.7 Å². The van der Waals surface area contributed by atoms with Gasteiger partial charge in [0.15, 0.2) is 5.78 Å². The van der Waals surface area contributed by atoms with Gasteiger partial charge in [0.1, 0.15) is 0 Å². The van der Waals surface area contributed by atoms with Gasteiger partial charge in [-0.3, -0.25) is 9.78 Å². The van der Waals surface area contributed by atoms with Crippen LogP contribution in [0.1, 0.15) is 42.7 Å². The van der Waals surface area contributed by atoms with Gasteiger partial charge in [0.25, 0.3) is 0 Å². The minimum Gasteiger partial charge on any atom is -0.330 e. The minimum atomic E-state index is 0.175. The second kappa shape index (κ2) is 6.81. The number of carbonyl (C=O) groups is 1. The highest BCUT2D eigenvalue weighted by Crippen LogP contribution is 2.20. The standard InChI is InChI=1S/C18H24N2O/c1-12(2)8-14(11-19)9-18(21)16-6-7-17-15(10-16)5-4-13(3)20-17/h4-7,10,12,14H,8-9,11,19H2,1-3H3. The molecule has 0 fully saturated rings. The molecule has 1 unspecified atom stereocenters. The summed E-state index contributed by atoms with van der Waals surface area (Å²) in [5.74, 6) is 1.01. The summed E-state index contributed by atoms with van der Waals surface area (Å²) in [5, 5.41) is 1.01. The number of fused-ring (bicyclic) bond motifs is 1. The first kappa shape index (κ1) is 15.6. The Hall–Kier alpha value is -1.74. The Morgan fingerprint density at radius 3 is 2.67 bits per heavy atom. The number of nitrogens with two attached hydrogens (primary N) is 1. The van der Waals surface area contributed by atoms with Crippen molar-refractivity contribution < 1.29 is 4.79 Å². The molecule has 0 radical (unpaired) electrons. The van der Waals surface area contributed by atoms with E-state index in [0.29, 0.717) is 18.9 Å². The maximum Gasteiger partial charge on any atom is 0.163 e. The van der Waals surface area contributed by atoms with Crippen LogP contribution >= 0.6 is 0 Å². The largest absolute Gasteiger partial charge is 0.330 e. The molecule has 0 spiro atoms. The summed E-state index contributed by atoms with van der Waals surface area (Å²) in [6.07, 6.45) is 1.52. The second-order valence-corrected chi connectivity index (χ2v) is 6.22. The molecule has 2 aromatic rings. The highest BCUT2D eigenvalue weighted by molar-refractivity contribution is 5.99. The number of ketones is 1. The number of hydrogen-bond donors (Lipinski definition) is 1. The average molecular weight is 284 g/mol. The number of nitrogens with zero attached hydrogens (tertiary/aromatic N) is 1. The molecule has 2 rings (SSSR count). The quantitative estimate of drug-likeness (QED) is 0.822. The molecule has 3 nitrogen and oxygen atoms in total. The molecule has 0 saturated carbocycles. The van der Waals surface area contributed by atoms with Crippen molar-refractivity contribution in [2.24, 2.45) is 17.6 Å². The van der Waals surface area contributed by atoms with E-state index in [0.717, 1.165) is 28.6 Å². The number of benzene rings is 1. The predicted molar refractivity (Wildman–Crippen MR) is 87.4 cm³/mol. The smallest absolute Gasteiger partial charge is 0.163 e. The number of Topliss-reactive ketones (excluding diaryl/α,β-unsaturated/α-hetero) is 1. The first-order valence-corrected chi connectivity index (χ1v) is 7.60. The molecule has 1 aromatic heterocycles. The number of pyridine rings is 1. The molecule has 1 heterocycles. The maximum atomic E-state index is 12.4. The van der Waals surface area contributed by atoms with Gasteiger partial charge in [-0.2, -0.15) is 0 Å². The van der Waals surface area contributed by atoms with E-state index in [1.807, 2.05) is 37.3 Å². The van der Waals surface area contributed by atoms with E-state index in [4.69, 9.17) is 5.73 Å². The van der Waals surface area contributed by atoms with Crippen molar-refractivity contribution in [3.63, 3.8) is 0 Å². The Balaban J connectivity index is 2.17. The average Bonchev–Trinajstić information content (AvgIpc) is 2.45. The fourth-order valence-corrected chi connectivity index (χ4v) is 2.71. The Kier molecular flexibility index (Phi) is 5.07. The van der Waals surface area contributed by atoms with Crippen LogP contribution < -0.4 is 5.73 Å². The number of hydrogen-bond acceptors (Lipinski definition) is 3. The molecule has 21 heavy (non-hydrogen) atoms. The molecule has 1 atom stereocenters. The monoisotopic (exact) mass is 284 g/mol. The molecule has 112 valence electrons. The lowest BCUT2D eigenvalue weighted by atomic mass is 9.90. The minimum absolute atomic E-state index is 0.175. The molecule has 0 saturated heterocycles. The zero-order valence-electron chi connectivity index (χ0n) is 13.1. The summed E-state index contributed by atoms with van der Waals surface area (Å²) < 4.78 is 0. The van der Waals surface area contributed by atoms with Crippen LogP contribution in [0.2, 0.25) is 0 Å². The van der Waals surface area contributed by atoms with Crippen molar-refractivity contribution in [3.05, 3.63) is 41.6 Å². The normalized spacial score (nSPS) is 12.8. The SMILES string of the molecule is Cc1ccc2cc(C(=O)CC(CN)CC(C)C)ccc2n1. The lowest BCUT2D eigenvalue weighted by Gasteiger charge is -2.16. The molecule has 0 amide bonds. The van der Waals surface area contributed by atoms with Crippen molar-refractivity contribution in [1.29, 1.82) is 0 Å². The summed E-state index contributed by atoms with van der Waals surface area (Å²) in [4.78, 5) is 16.9. The molecule has 3 heteroatoms. The van der Waals surface area contributed by atoms with E-state index < -0.39 is 0 Å². The number of rotatable bonds is 6. The third kappa shape index (κ3) is 4.11. The van der Waals surface area contributed by atoms with Crippen LogP contribution in [-0.2, 0) is 0 Å². The molecular weight excluding hydrogens is 260 g/mol. The van der Waals surface area contributed by atoms with E-state index in [1.165, 1.54) is 0 Å². The van der Waals surface area contributed by atoms with Crippen LogP contribution in [0.25, 0.3) is 10.9 Å². The molecule has 0 aliphatic carbocycles. The van der Waals surface area contributed by atoms with E-state index >= 15 is 0 Å². The van der Waals surface area contributed by atoms with Gasteiger partial charge >= 0.3 is 0 Å². The predicted octanol–water partition coefficient (Wildman–Crippen LogP) is 3.74. The van der Waals surface area contributed by atoms with Gasteiger partial charge in [0.2, 0.25) is 0 Å². The number of carbonyl (C=O) groups excluding carboxylic acids is 1. The summed E-state index contributed by atoms with van der Waals surface area (Å²) in [6, 6.07) is 9.73. The van der Waals surface area contributed by atoms with Crippen LogP contribution in [-0.4, -0.2) is 17.3 Å². The lowest BCUT2D eigenvalue weighted by Crippen LogP contribution is -2.20.